The maximum absolute atomic E-state index is 12.2. The molecule has 0 aromatic heterocycles. The fourth-order valence-electron chi connectivity index (χ4n) is 2.28. The molecule has 26 heavy (non-hydrogen) atoms. The summed E-state index contributed by atoms with van der Waals surface area (Å²) in [6, 6.07) is 10.8. The van der Waals surface area contributed by atoms with Gasteiger partial charge in [0.05, 0.1) is 0 Å². The summed E-state index contributed by atoms with van der Waals surface area (Å²) in [6.45, 7) is 6.92. The van der Waals surface area contributed by atoms with E-state index in [1.165, 1.54) is 6.92 Å². The van der Waals surface area contributed by atoms with Crippen LogP contribution in [0.25, 0.3) is 0 Å². The van der Waals surface area contributed by atoms with Crippen molar-refractivity contribution in [3.63, 3.8) is 0 Å². The number of benzene rings is 2. The molecular weight excluding hydrogens is 354 g/mol. The van der Waals surface area contributed by atoms with Crippen LogP contribution in [0.15, 0.2) is 36.4 Å². The number of aryl methyl sites for hydroxylation is 1. The van der Waals surface area contributed by atoms with Crippen LogP contribution in [0.4, 0.5) is 5.69 Å². The normalized spacial score (nSPS) is 11.6. The molecule has 0 saturated heterocycles. The van der Waals surface area contributed by atoms with E-state index < -0.39 is 18.0 Å². The van der Waals surface area contributed by atoms with Crippen molar-refractivity contribution in [1.29, 1.82) is 0 Å². The largest absolute Gasteiger partial charge is 0.482 e. The molecule has 0 spiro atoms. The second kappa shape index (κ2) is 8.72. The average Bonchev–Trinajstić information content (AvgIpc) is 2.60. The maximum atomic E-state index is 12.2. The molecule has 1 amide bonds. The number of amides is 1. The number of esters is 1. The van der Waals surface area contributed by atoms with Gasteiger partial charge in [-0.1, -0.05) is 29.8 Å². The van der Waals surface area contributed by atoms with Crippen LogP contribution in [0.3, 0.4) is 0 Å². The summed E-state index contributed by atoms with van der Waals surface area (Å²) < 4.78 is 10.6. The molecule has 0 bridgehead atoms. The van der Waals surface area contributed by atoms with Crippen molar-refractivity contribution in [2.24, 2.45) is 0 Å². The molecule has 1 atom stereocenters. The second-order valence-corrected chi connectivity index (χ2v) is 6.43. The van der Waals surface area contributed by atoms with Crippen molar-refractivity contribution >= 4 is 29.2 Å². The minimum absolute atomic E-state index is 0.266. The van der Waals surface area contributed by atoms with Gasteiger partial charge < -0.3 is 14.8 Å². The lowest BCUT2D eigenvalue weighted by atomic mass is 10.1. The third-order valence-corrected chi connectivity index (χ3v) is 4.51. The van der Waals surface area contributed by atoms with Gasteiger partial charge in [0, 0.05) is 10.7 Å². The Morgan fingerprint density at radius 2 is 1.77 bits per heavy atom. The van der Waals surface area contributed by atoms with E-state index in [2.05, 4.69) is 5.32 Å². The lowest BCUT2D eigenvalue weighted by molar-refractivity contribution is -0.155. The van der Waals surface area contributed by atoms with Crippen LogP contribution in [-0.4, -0.2) is 24.6 Å². The predicted molar refractivity (Wildman–Crippen MR) is 102 cm³/mol. The first-order chi connectivity index (χ1) is 12.3. The molecule has 0 saturated carbocycles. The fraction of sp³-hybridized carbons (Fsp3) is 0.300. The van der Waals surface area contributed by atoms with Crippen molar-refractivity contribution in [3.05, 3.63) is 58.1 Å². The van der Waals surface area contributed by atoms with Crippen molar-refractivity contribution in [3.8, 4) is 5.75 Å². The van der Waals surface area contributed by atoms with Crippen LogP contribution in [0.1, 0.15) is 23.6 Å². The standard InChI is InChI=1S/C20H22ClNO4/c1-12-7-5-10-18(13(12)2)25-11-19(23)26-15(4)20(24)22-17-9-6-8-16(21)14(17)3/h5-10,15H,11H2,1-4H3,(H,22,24)/t15-/m0/s1. The quantitative estimate of drug-likeness (QED) is 0.768. The highest BCUT2D eigenvalue weighted by Crippen LogP contribution is 2.23. The summed E-state index contributed by atoms with van der Waals surface area (Å²) in [6.07, 6.45) is -0.955. The summed E-state index contributed by atoms with van der Waals surface area (Å²) in [4.78, 5) is 24.2. The van der Waals surface area contributed by atoms with Crippen molar-refractivity contribution in [2.75, 3.05) is 11.9 Å². The number of rotatable bonds is 6. The first-order valence-corrected chi connectivity index (χ1v) is 8.62. The van der Waals surface area contributed by atoms with E-state index in [0.717, 1.165) is 16.7 Å². The summed E-state index contributed by atoms with van der Waals surface area (Å²) in [5.41, 5.74) is 3.36. The molecule has 0 radical (unpaired) electrons. The number of carbonyl (C=O) groups is 2. The van der Waals surface area contributed by atoms with E-state index in [-0.39, 0.29) is 6.61 Å². The van der Waals surface area contributed by atoms with Crippen LogP contribution in [0.5, 0.6) is 5.75 Å². The Morgan fingerprint density at radius 1 is 1.08 bits per heavy atom. The Hall–Kier alpha value is -2.53. The number of ether oxygens (including phenoxy) is 2. The Balaban J connectivity index is 1.89. The van der Waals surface area contributed by atoms with Crippen molar-refractivity contribution in [1.82, 2.24) is 0 Å². The molecule has 0 heterocycles. The first-order valence-electron chi connectivity index (χ1n) is 8.24. The number of anilines is 1. The highest BCUT2D eigenvalue weighted by molar-refractivity contribution is 6.31. The van der Waals surface area contributed by atoms with E-state index >= 15 is 0 Å². The van der Waals surface area contributed by atoms with Gasteiger partial charge in [0.15, 0.2) is 12.7 Å². The lowest BCUT2D eigenvalue weighted by Gasteiger charge is -2.16. The average molecular weight is 376 g/mol. The number of halogens is 1. The zero-order chi connectivity index (χ0) is 19.3. The second-order valence-electron chi connectivity index (χ2n) is 6.02. The van der Waals surface area contributed by atoms with Crippen LogP contribution in [-0.2, 0) is 14.3 Å². The topological polar surface area (TPSA) is 64.6 Å². The molecule has 0 aliphatic rings. The van der Waals surface area contributed by atoms with E-state index in [0.29, 0.717) is 16.5 Å². The zero-order valence-electron chi connectivity index (χ0n) is 15.3. The van der Waals surface area contributed by atoms with Crippen LogP contribution < -0.4 is 10.1 Å². The number of carbonyl (C=O) groups excluding carboxylic acids is 2. The highest BCUT2D eigenvalue weighted by atomic mass is 35.5. The molecule has 0 aliphatic carbocycles. The predicted octanol–water partition coefficient (Wildman–Crippen LogP) is 4.21. The zero-order valence-corrected chi connectivity index (χ0v) is 16.0. The molecule has 138 valence electrons. The fourth-order valence-corrected chi connectivity index (χ4v) is 2.45. The third-order valence-electron chi connectivity index (χ3n) is 4.10. The van der Waals surface area contributed by atoms with Gasteiger partial charge in [-0.05, 0) is 62.6 Å². The number of hydrogen-bond donors (Lipinski definition) is 1. The van der Waals surface area contributed by atoms with Gasteiger partial charge in [-0.15, -0.1) is 0 Å². The molecule has 6 heteroatoms. The first kappa shape index (κ1) is 19.8. The van der Waals surface area contributed by atoms with Gasteiger partial charge >= 0.3 is 5.97 Å². The Labute approximate surface area is 158 Å². The third kappa shape index (κ3) is 4.99. The monoisotopic (exact) mass is 375 g/mol. The summed E-state index contributed by atoms with van der Waals surface area (Å²) in [7, 11) is 0. The number of hydrogen-bond acceptors (Lipinski definition) is 4. The van der Waals surface area contributed by atoms with Gasteiger partial charge in [-0.3, -0.25) is 4.79 Å². The minimum Gasteiger partial charge on any atom is -0.482 e. The van der Waals surface area contributed by atoms with E-state index in [1.54, 1.807) is 31.2 Å². The molecular formula is C20H22ClNO4. The van der Waals surface area contributed by atoms with Crippen LogP contribution >= 0.6 is 11.6 Å². The van der Waals surface area contributed by atoms with Gasteiger partial charge in [-0.2, -0.15) is 0 Å². The molecule has 2 aromatic rings. The Bertz CT molecular complexity index is 819. The summed E-state index contributed by atoms with van der Waals surface area (Å²) in [5, 5.41) is 3.26. The molecule has 0 aliphatic heterocycles. The van der Waals surface area contributed by atoms with Gasteiger partial charge in [0.2, 0.25) is 0 Å². The molecule has 0 fully saturated rings. The maximum Gasteiger partial charge on any atom is 0.344 e. The van der Waals surface area contributed by atoms with Crippen LogP contribution in [0.2, 0.25) is 5.02 Å². The highest BCUT2D eigenvalue weighted by Gasteiger charge is 2.19. The Morgan fingerprint density at radius 3 is 2.50 bits per heavy atom. The molecule has 2 rings (SSSR count). The lowest BCUT2D eigenvalue weighted by Crippen LogP contribution is -2.32. The van der Waals surface area contributed by atoms with E-state index in [4.69, 9.17) is 21.1 Å². The van der Waals surface area contributed by atoms with Gasteiger partial charge in [-0.25, -0.2) is 4.79 Å². The minimum atomic E-state index is -0.955. The SMILES string of the molecule is Cc1cccc(OCC(=O)O[C@@H](C)C(=O)Nc2cccc(Cl)c2C)c1C. The smallest absolute Gasteiger partial charge is 0.344 e. The van der Waals surface area contributed by atoms with E-state index in [1.807, 2.05) is 26.0 Å². The molecule has 5 nitrogen and oxygen atoms in total. The Kier molecular flexibility index (Phi) is 6.64. The molecule has 0 unspecified atom stereocenters. The number of nitrogens with one attached hydrogen (secondary N) is 1. The summed E-state index contributed by atoms with van der Waals surface area (Å²) in [5.74, 6) is -0.430. The molecule has 1 N–H and O–H groups in total. The van der Waals surface area contributed by atoms with Crippen LogP contribution in [0, 0.1) is 20.8 Å². The van der Waals surface area contributed by atoms with E-state index in [9.17, 15) is 9.59 Å². The van der Waals surface area contributed by atoms with Crippen molar-refractivity contribution < 1.29 is 19.1 Å². The van der Waals surface area contributed by atoms with Gasteiger partial charge in [0.25, 0.3) is 5.91 Å². The molecule has 2 aromatic carbocycles. The van der Waals surface area contributed by atoms with Crippen molar-refractivity contribution in [2.45, 2.75) is 33.8 Å². The summed E-state index contributed by atoms with van der Waals surface area (Å²) >= 11 is 6.03. The van der Waals surface area contributed by atoms with Gasteiger partial charge in [0.1, 0.15) is 5.75 Å².